The predicted octanol–water partition coefficient (Wildman–Crippen LogP) is -0.149. The third kappa shape index (κ3) is 2.82. The second kappa shape index (κ2) is 6.18. The summed E-state index contributed by atoms with van der Waals surface area (Å²) < 4.78 is 2.46. The normalized spacial score (nSPS) is 17.5. The van der Waals surface area contributed by atoms with E-state index < -0.39 is 11.9 Å². The first-order chi connectivity index (χ1) is 10.1. The zero-order valence-electron chi connectivity index (χ0n) is 11.6. The molecule has 1 N–H and O–H groups in total. The first-order valence-corrected chi connectivity index (χ1v) is 6.61. The molecule has 1 aliphatic heterocycles. The number of likely N-dealkylation sites (tertiary alicyclic amines) is 1. The van der Waals surface area contributed by atoms with Gasteiger partial charge in [0.15, 0.2) is 5.65 Å². The SMILES string of the molecule is Cl.O=C(O)C1CCN(C(=O)Cn2nc3ccccn3c2=O)C1. The highest BCUT2D eigenvalue weighted by Gasteiger charge is 2.31. The lowest BCUT2D eigenvalue weighted by molar-refractivity contribution is -0.141. The number of aromatic nitrogens is 3. The Morgan fingerprint density at radius 1 is 1.36 bits per heavy atom. The molecule has 0 saturated carbocycles. The van der Waals surface area contributed by atoms with Gasteiger partial charge in [-0.2, -0.15) is 0 Å². The molecular formula is C13H15ClN4O4. The molecule has 1 aliphatic rings. The number of carboxylic acid groups (broad SMARTS) is 1. The molecule has 1 fully saturated rings. The standard InChI is InChI=1S/C13H14N4O4.ClH/c18-11(15-6-4-9(7-15)12(19)20)8-17-13(21)16-5-2-1-3-10(16)14-17;/h1-3,5,9H,4,6-8H2,(H,19,20);1H. The molecule has 1 unspecified atom stereocenters. The number of pyridine rings is 1. The molecule has 2 aromatic heterocycles. The third-order valence-electron chi connectivity index (χ3n) is 3.66. The van der Waals surface area contributed by atoms with E-state index in [-0.39, 0.29) is 37.1 Å². The van der Waals surface area contributed by atoms with Crippen LogP contribution in [0.5, 0.6) is 0 Å². The summed E-state index contributed by atoms with van der Waals surface area (Å²) in [6.45, 7) is 0.418. The molecule has 1 atom stereocenters. The first kappa shape index (κ1) is 16.0. The number of amides is 1. The molecule has 8 nitrogen and oxygen atoms in total. The van der Waals surface area contributed by atoms with Gasteiger partial charge in [-0.3, -0.25) is 14.0 Å². The summed E-state index contributed by atoms with van der Waals surface area (Å²) in [5.74, 6) is -1.70. The Balaban J connectivity index is 0.00000176. The first-order valence-electron chi connectivity index (χ1n) is 6.61. The minimum Gasteiger partial charge on any atom is -0.481 e. The molecule has 9 heteroatoms. The maximum Gasteiger partial charge on any atom is 0.350 e. The maximum absolute atomic E-state index is 12.1. The van der Waals surface area contributed by atoms with Crippen LogP contribution in [0.25, 0.3) is 5.65 Å². The van der Waals surface area contributed by atoms with Gasteiger partial charge in [0.1, 0.15) is 6.54 Å². The number of aliphatic carboxylic acids is 1. The topological polar surface area (TPSA) is 96.9 Å². The number of fused-ring (bicyclic) bond motifs is 1. The molecule has 0 aromatic carbocycles. The van der Waals surface area contributed by atoms with Crippen molar-refractivity contribution in [2.75, 3.05) is 13.1 Å². The van der Waals surface area contributed by atoms with Crippen molar-refractivity contribution in [3.8, 4) is 0 Å². The zero-order chi connectivity index (χ0) is 15.0. The van der Waals surface area contributed by atoms with Crippen LogP contribution < -0.4 is 5.69 Å². The fourth-order valence-electron chi connectivity index (χ4n) is 2.49. The second-order valence-electron chi connectivity index (χ2n) is 5.03. The van der Waals surface area contributed by atoms with Gasteiger partial charge in [-0.05, 0) is 18.6 Å². The number of carbonyl (C=O) groups excluding carboxylic acids is 1. The number of carbonyl (C=O) groups is 2. The van der Waals surface area contributed by atoms with Crippen molar-refractivity contribution in [3.63, 3.8) is 0 Å². The van der Waals surface area contributed by atoms with Crippen LogP contribution in [0.4, 0.5) is 0 Å². The minimum atomic E-state index is -0.893. The molecule has 0 spiro atoms. The summed E-state index contributed by atoms with van der Waals surface area (Å²) in [5, 5.41) is 13.0. The number of hydrogen-bond acceptors (Lipinski definition) is 4. The van der Waals surface area contributed by atoms with E-state index in [1.165, 1.54) is 9.30 Å². The summed E-state index contributed by atoms with van der Waals surface area (Å²) in [7, 11) is 0. The van der Waals surface area contributed by atoms with Gasteiger partial charge >= 0.3 is 11.7 Å². The van der Waals surface area contributed by atoms with E-state index in [1.54, 1.807) is 24.4 Å². The smallest absolute Gasteiger partial charge is 0.350 e. The fourth-order valence-corrected chi connectivity index (χ4v) is 2.49. The van der Waals surface area contributed by atoms with Crippen LogP contribution in [-0.2, 0) is 16.1 Å². The lowest BCUT2D eigenvalue weighted by Gasteiger charge is -2.15. The number of halogens is 1. The van der Waals surface area contributed by atoms with E-state index in [9.17, 15) is 14.4 Å². The summed E-state index contributed by atoms with van der Waals surface area (Å²) in [5.41, 5.74) is 0.0908. The lowest BCUT2D eigenvalue weighted by Crippen LogP contribution is -2.36. The largest absolute Gasteiger partial charge is 0.481 e. The average molecular weight is 327 g/mol. The van der Waals surface area contributed by atoms with Gasteiger partial charge in [0.2, 0.25) is 5.91 Å². The van der Waals surface area contributed by atoms with Crippen LogP contribution in [0.15, 0.2) is 29.2 Å². The van der Waals surface area contributed by atoms with Crippen LogP contribution in [0, 0.1) is 5.92 Å². The molecule has 1 saturated heterocycles. The van der Waals surface area contributed by atoms with Crippen LogP contribution >= 0.6 is 12.4 Å². The van der Waals surface area contributed by atoms with Crippen LogP contribution in [0.1, 0.15) is 6.42 Å². The van der Waals surface area contributed by atoms with E-state index in [0.29, 0.717) is 18.6 Å². The van der Waals surface area contributed by atoms with Gasteiger partial charge < -0.3 is 10.0 Å². The summed E-state index contributed by atoms with van der Waals surface area (Å²) in [6.07, 6.45) is 2.03. The number of nitrogens with zero attached hydrogens (tertiary/aromatic N) is 4. The molecular weight excluding hydrogens is 312 g/mol. The van der Waals surface area contributed by atoms with Crippen molar-refractivity contribution in [1.29, 1.82) is 0 Å². The maximum atomic E-state index is 12.1. The Hall–Kier alpha value is -2.35. The Morgan fingerprint density at radius 3 is 2.77 bits per heavy atom. The van der Waals surface area contributed by atoms with E-state index in [4.69, 9.17) is 5.11 Å². The van der Waals surface area contributed by atoms with Gasteiger partial charge in [0.25, 0.3) is 0 Å². The highest BCUT2D eigenvalue weighted by Crippen LogP contribution is 2.16. The summed E-state index contributed by atoms with van der Waals surface area (Å²) >= 11 is 0. The molecule has 0 aliphatic carbocycles. The van der Waals surface area contributed by atoms with Gasteiger partial charge in [-0.25, -0.2) is 9.48 Å². The highest BCUT2D eigenvalue weighted by atomic mass is 35.5. The van der Waals surface area contributed by atoms with Crippen molar-refractivity contribution in [2.45, 2.75) is 13.0 Å². The van der Waals surface area contributed by atoms with Gasteiger partial charge in [0.05, 0.1) is 5.92 Å². The van der Waals surface area contributed by atoms with E-state index in [0.717, 1.165) is 4.68 Å². The third-order valence-corrected chi connectivity index (χ3v) is 3.66. The Labute approximate surface area is 131 Å². The molecule has 0 bridgehead atoms. The average Bonchev–Trinajstić information content (AvgIpc) is 3.06. The quantitative estimate of drug-likeness (QED) is 0.846. The zero-order valence-corrected chi connectivity index (χ0v) is 12.4. The second-order valence-corrected chi connectivity index (χ2v) is 5.03. The van der Waals surface area contributed by atoms with Crippen molar-refractivity contribution in [1.82, 2.24) is 19.1 Å². The van der Waals surface area contributed by atoms with Crippen LogP contribution in [0.2, 0.25) is 0 Å². The van der Waals surface area contributed by atoms with Crippen molar-refractivity contribution < 1.29 is 14.7 Å². The molecule has 2 aromatic rings. The van der Waals surface area contributed by atoms with E-state index in [1.807, 2.05) is 0 Å². The van der Waals surface area contributed by atoms with Crippen molar-refractivity contribution in [2.24, 2.45) is 5.92 Å². The Kier molecular flexibility index (Phi) is 4.51. The monoisotopic (exact) mass is 326 g/mol. The van der Waals surface area contributed by atoms with Gasteiger partial charge in [-0.15, -0.1) is 17.5 Å². The Bertz CT molecular complexity index is 769. The highest BCUT2D eigenvalue weighted by molar-refractivity contribution is 5.85. The molecule has 22 heavy (non-hydrogen) atoms. The molecule has 3 heterocycles. The minimum absolute atomic E-state index is 0. The van der Waals surface area contributed by atoms with Crippen LogP contribution in [0.3, 0.4) is 0 Å². The van der Waals surface area contributed by atoms with Crippen molar-refractivity contribution >= 4 is 29.9 Å². The van der Waals surface area contributed by atoms with Gasteiger partial charge in [0, 0.05) is 19.3 Å². The van der Waals surface area contributed by atoms with Crippen LogP contribution in [-0.4, -0.2) is 49.2 Å². The molecule has 0 radical (unpaired) electrons. The fraction of sp³-hybridized carbons (Fsp3) is 0.385. The lowest BCUT2D eigenvalue weighted by atomic mass is 10.1. The summed E-state index contributed by atoms with van der Waals surface area (Å²) in [4.78, 5) is 36.5. The molecule has 118 valence electrons. The van der Waals surface area contributed by atoms with Crippen molar-refractivity contribution in [3.05, 3.63) is 34.9 Å². The van der Waals surface area contributed by atoms with E-state index >= 15 is 0 Å². The predicted molar refractivity (Wildman–Crippen MR) is 79.0 cm³/mol. The number of rotatable bonds is 3. The number of hydrogen-bond donors (Lipinski definition) is 1. The van der Waals surface area contributed by atoms with E-state index in [2.05, 4.69) is 5.10 Å². The molecule has 1 amide bonds. The number of carboxylic acids is 1. The summed E-state index contributed by atoms with van der Waals surface area (Å²) in [6, 6.07) is 5.14. The van der Waals surface area contributed by atoms with Gasteiger partial charge in [-0.1, -0.05) is 6.07 Å². The Morgan fingerprint density at radius 2 is 2.14 bits per heavy atom. The molecule has 3 rings (SSSR count).